The number of rotatable bonds is 9. The molecular formula is C21H34O8. The van der Waals surface area contributed by atoms with Gasteiger partial charge >= 0.3 is 5.97 Å². The van der Waals surface area contributed by atoms with Gasteiger partial charge in [-0.2, -0.15) is 0 Å². The van der Waals surface area contributed by atoms with E-state index < -0.39 is 47.2 Å². The molecule has 0 aromatic rings. The van der Waals surface area contributed by atoms with Gasteiger partial charge in [-0.25, -0.2) is 0 Å². The summed E-state index contributed by atoms with van der Waals surface area (Å²) in [5.41, 5.74) is -0.968. The van der Waals surface area contributed by atoms with Crippen molar-refractivity contribution >= 4 is 11.8 Å². The Bertz CT molecular complexity index is 634. The van der Waals surface area contributed by atoms with Crippen LogP contribution in [-0.4, -0.2) is 70.0 Å². The molecule has 0 amide bonds. The van der Waals surface area contributed by atoms with Crippen LogP contribution in [0.25, 0.3) is 0 Å². The van der Waals surface area contributed by atoms with Gasteiger partial charge in [0.1, 0.15) is 18.0 Å². The van der Waals surface area contributed by atoms with Crippen LogP contribution in [0.3, 0.4) is 0 Å². The van der Waals surface area contributed by atoms with Crippen molar-refractivity contribution < 1.29 is 39.1 Å². The van der Waals surface area contributed by atoms with Gasteiger partial charge in [-0.3, -0.25) is 9.59 Å². The third-order valence-corrected chi connectivity index (χ3v) is 6.10. The van der Waals surface area contributed by atoms with Gasteiger partial charge in [0.2, 0.25) is 0 Å². The number of carbonyl (C=O) groups is 2. The van der Waals surface area contributed by atoms with E-state index >= 15 is 0 Å². The number of Topliss-reactive ketones (excluding diaryl/α,β-unsaturated/α-hetero) is 1. The first-order valence-electron chi connectivity index (χ1n) is 10.2. The average Bonchev–Trinajstić information content (AvgIpc) is 3.35. The Kier molecular flexibility index (Phi) is 7.62. The minimum Gasteiger partial charge on any atom is -0.465 e. The zero-order valence-electron chi connectivity index (χ0n) is 17.8. The topological polar surface area (TPSA) is 126 Å². The van der Waals surface area contributed by atoms with E-state index in [2.05, 4.69) is 0 Å². The Hall–Kier alpha value is -1.32. The smallest absolute Gasteiger partial charge is 0.302 e. The van der Waals surface area contributed by atoms with Crippen molar-refractivity contribution in [1.82, 2.24) is 0 Å². The molecule has 0 spiro atoms. The predicted octanol–water partition coefficient (Wildman–Crippen LogP) is 0.961. The number of esters is 1. The van der Waals surface area contributed by atoms with E-state index in [0.29, 0.717) is 0 Å². The highest BCUT2D eigenvalue weighted by atomic mass is 16.6. The van der Waals surface area contributed by atoms with Crippen LogP contribution in [0.1, 0.15) is 47.5 Å². The fraction of sp³-hybridized carbons (Fsp3) is 0.810. The highest BCUT2D eigenvalue weighted by Gasteiger charge is 2.62. The van der Waals surface area contributed by atoms with Gasteiger partial charge in [0, 0.05) is 19.3 Å². The maximum atomic E-state index is 13.2. The fourth-order valence-electron chi connectivity index (χ4n) is 4.12. The van der Waals surface area contributed by atoms with Gasteiger partial charge in [0.15, 0.2) is 5.79 Å². The van der Waals surface area contributed by atoms with Crippen LogP contribution in [0.4, 0.5) is 0 Å². The summed E-state index contributed by atoms with van der Waals surface area (Å²) in [6.07, 6.45) is 1.39. The first-order chi connectivity index (χ1) is 13.5. The molecular weight excluding hydrogens is 380 g/mol. The molecule has 0 aromatic carbocycles. The molecule has 29 heavy (non-hydrogen) atoms. The lowest BCUT2D eigenvalue weighted by atomic mass is 9.78. The molecule has 2 rings (SSSR count). The van der Waals surface area contributed by atoms with Crippen molar-refractivity contribution in [3.05, 3.63) is 12.2 Å². The Morgan fingerprint density at radius 2 is 2.03 bits per heavy atom. The summed E-state index contributed by atoms with van der Waals surface area (Å²) in [4.78, 5) is 24.5. The molecule has 0 saturated carbocycles. The van der Waals surface area contributed by atoms with Gasteiger partial charge in [-0.1, -0.05) is 26.0 Å². The Morgan fingerprint density at radius 3 is 2.55 bits per heavy atom. The summed E-state index contributed by atoms with van der Waals surface area (Å²) in [5, 5.41) is 31.7. The zero-order chi connectivity index (χ0) is 22.0. The Morgan fingerprint density at radius 1 is 1.38 bits per heavy atom. The summed E-state index contributed by atoms with van der Waals surface area (Å²) < 4.78 is 16.2. The zero-order valence-corrected chi connectivity index (χ0v) is 17.8. The molecule has 0 radical (unpaired) electrons. The van der Waals surface area contributed by atoms with Crippen LogP contribution in [0, 0.1) is 17.8 Å². The predicted molar refractivity (Wildman–Crippen MR) is 104 cm³/mol. The number of allylic oxidation sites excluding steroid dienone is 1. The van der Waals surface area contributed by atoms with E-state index in [1.807, 2.05) is 26.0 Å². The summed E-state index contributed by atoms with van der Waals surface area (Å²) in [6, 6.07) is 0. The molecule has 8 atom stereocenters. The summed E-state index contributed by atoms with van der Waals surface area (Å²) in [5.74, 6) is -4.50. The second-order valence-corrected chi connectivity index (χ2v) is 8.35. The quantitative estimate of drug-likeness (QED) is 0.289. The van der Waals surface area contributed by atoms with E-state index in [9.17, 15) is 24.9 Å². The number of ketones is 1. The summed E-state index contributed by atoms with van der Waals surface area (Å²) in [6.45, 7) is 8.01. The van der Waals surface area contributed by atoms with Crippen LogP contribution >= 0.6 is 0 Å². The molecule has 8 heteroatoms. The van der Waals surface area contributed by atoms with Crippen molar-refractivity contribution in [2.75, 3.05) is 13.2 Å². The van der Waals surface area contributed by atoms with Gasteiger partial charge in [-0.05, 0) is 20.3 Å². The lowest BCUT2D eigenvalue weighted by Crippen LogP contribution is -2.53. The molecule has 2 saturated heterocycles. The number of aliphatic hydroxyl groups excluding tert-OH is 2. The lowest BCUT2D eigenvalue weighted by Gasteiger charge is -2.39. The second-order valence-electron chi connectivity index (χ2n) is 8.35. The van der Waals surface area contributed by atoms with E-state index in [0.717, 1.165) is 0 Å². The number of epoxide rings is 1. The maximum Gasteiger partial charge on any atom is 0.302 e. The maximum absolute atomic E-state index is 13.2. The van der Waals surface area contributed by atoms with Crippen molar-refractivity contribution in [1.29, 1.82) is 0 Å². The van der Waals surface area contributed by atoms with Gasteiger partial charge in [0.05, 0.1) is 36.8 Å². The van der Waals surface area contributed by atoms with Crippen molar-refractivity contribution in [2.45, 2.75) is 77.2 Å². The molecule has 8 nitrogen and oxygen atoms in total. The molecule has 2 heterocycles. The number of aliphatic hydroxyl groups is 3. The van der Waals surface area contributed by atoms with Crippen LogP contribution < -0.4 is 0 Å². The molecule has 0 aromatic heterocycles. The number of ether oxygens (including phenoxy) is 3. The monoisotopic (exact) mass is 414 g/mol. The molecule has 166 valence electrons. The van der Waals surface area contributed by atoms with E-state index in [-0.39, 0.29) is 38.1 Å². The lowest BCUT2D eigenvalue weighted by molar-refractivity contribution is -0.258. The van der Waals surface area contributed by atoms with Crippen LogP contribution in [0.15, 0.2) is 12.2 Å². The van der Waals surface area contributed by atoms with E-state index in [1.165, 1.54) is 6.92 Å². The Labute approximate surface area is 171 Å². The summed E-state index contributed by atoms with van der Waals surface area (Å²) >= 11 is 0. The molecule has 1 unspecified atom stereocenters. The standard InChI is InChI=1S/C21H34O8/c1-6-8-12(3)19-20(5,29-19)18(25)15(10-27-13(4)22)17(24)14-11-28-21(26,7-2)9-16(14)23/h6,8,12,14-16,18-19,23,25-26H,7,9-11H2,1-5H3/b8-6-/t12-,14+,15-,16-,18-,19+,20-,21?/m0/s1. The molecule has 2 aliphatic heterocycles. The van der Waals surface area contributed by atoms with E-state index in [1.54, 1.807) is 13.8 Å². The van der Waals surface area contributed by atoms with E-state index in [4.69, 9.17) is 14.2 Å². The molecule has 3 N–H and O–H groups in total. The highest BCUT2D eigenvalue weighted by molar-refractivity contribution is 5.85. The van der Waals surface area contributed by atoms with Crippen LogP contribution in [0.2, 0.25) is 0 Å². The summed E-state index contributed by atoms with van der Waals surface area (Å²) in [7, 11) is 0. The van der Waals surface area contributed by atoms with Crippen molar-refractivity contribution in [3.8, 4) is 0 Å². The third kappa shape index (κ3) is 5.24. The molecule has 0 bridgehead atoms. The van der Waals surface area contributed by atoms with Crippen molar-refractivity contribution in [3.63, 3.8) is 0 Å². The second kappa shape index (κ2) is 9.22. The average molecular weight is 414 g/mol. The minimum absolute atomic E-state index is 0.0345. The largest absolute Gasteiger partial charge is 0.465 e. The molecule has 0 aliphatic carbocycles. The molecule has 2 fully saturated rings. The normalized spacial score (nSPS) is 37.7. The third-order valence-electron chi connectivity index (χ3n) is 6.10. The first kappa shape index (κ1) is 24.0. The minimum atomic E-state index is -1.47. The molecule has 2 aliphatic rings. The SMILES string of the molecule is C/C=C\[C@H](C)[C@H]1O[C@@]1(C)[C@@H](O)[C@@H](COC(C)=O)C(=O)[C@@H]1COC(O)(CC)C[C@@H]1O. The van der Waals surface area contributed by atoms with Gasteiger partial charge < -0.3 is 29.5 Å². The number of hydrogen-bond acceptors (Lipinski definition) is 8. The van der Waals surface area contributed by atoms with Gasteiger partial charge in [0.25, 0.3) is 0 Å². The van der Waals surface area contributed by atoms with Gasteiger partial charge in [-0.15, -0.1) is 0 Å². The number of carbonyl (C=O) groups excluding carboxylic acids is 2. The Balaban J connectivity index is 2.17. The highest BCUT2D eigenvalue weighted by Crippen LogP contribution is 2.47. The van der Waals surface area contributed by atoms with Crippen LogP contribution in [0.5, 0.6) is 0 Å². The van der Waals surface area contributed by atoms with Crippen LogP contribution in [-0.2, 0) is 23.8 Å². The first-order valence-corrected chi connectivity index (χ1v) is 10.2. The fourth-order valence-corrected chi connectivity index (χ4v) is 4.12. The number of hydrogen-bond donors (Lipinski definition) is 3. The van der Waals surface area contributed by atoms with Crippen molar-refractivity contribution in [2.24, 2.45) is 17.8 Å².